The van der Waals surface area contributed by atoms with Gasteiger partial charge in [-0.2, -0.15) is 0 Å². The first-order valence-corrected chi connectivity index (χ1v) is 5.49. The van der Waals surface area contributed by atoms with Gasteiger partial charge in [-0.25, -0.2) is 0 Å². The van der Waals surface area contributed by atoms with Crippen molar-refractivity contribution in [3.8, 4) is 0 Å². The largest absolute Gasteiger partial charge is 4.00 e. The second-order valence-electron chi connectivity index (χ2n) is 1.39. The van der Waals surface area contributed by atoms with Crippen LogP contribution < -0.4 is 19.6 Å². The second-order valence-corrected chi connectivity index (χ2v) is 6.03. The molecule has 0 aliphatic heterocycles. The molecule has 0 aromatic rings. The summed E-state index contributed by atoms with van der Waals surface area (Å²) in [4.78, 5) is 36.1. The standard InChI is InChI=1S/CH5ClO6P2.Hf/c2-1(9(3,4)5)10(6,7)8;/h1H,(H2,3,4,5)(H2,6,7,8);/q;+4/p-4. The maximum absolute atomic E-state index is 9.75. The Kier molecular flexibility index (Phi) is 6.29. The van der Waals surface area contributed by atoms with Crippen molar-refractivity contribution in [2.75, 3.05) is 0 Å². The van der Waals surface area contributed by atoms with E-state index in [0.29, 0.717) is 0 Å². The van der Waals surface area contributed by atoms with Crippen LogP contribution in [-0.2, 0) is 35.0 Å². The average molecular weight is 385 g/mol. The molecule has 0 spiro atoms. The minimum Gasteiger partial charge on any atom is -0.809 e. The number of hydrogen-bond acceptors (Lipinski definition) is 6. The van der Waals surface area contributed by atoms with Gasteiger partial charge in [-0.15, -0.1) is 11.6 Å². The molecule has 0 N–H and O–H groups in total. The van der Waals surface area contributed by atoms with Crippen molar-refractivity contribution in [3.63, 3.8) is 0 Å². The Balaban J connectivity index is 0. The van der Waals surface area contributed by atoms with Crippen LogP contribution in [0, 0.1) is 0 Å². The van der Waals surface area contributed by atoms with Gasteiger partial charge in [0.1, 0.15) is 0 Å². The zero-order valence-electron chi connectivity index (χ0n) is 4.80. The van der Waals surface area contributed by atoms with E-state index in [-0.39, 0.29) is 25.8 Å². The molecule has 0 radical (unpaired) electrons. The van der Waals surface area contributed by atoms with Crippen LogP contribution in [0.1, 0.15) is 0 Å². The third-order valence-corrected chi connectivity index (χ3v) is 4.70. The number of rotatable bonds is 2. The molecule has 62 valence electrons. The van der Waals surface area contributed by atoms with Crippen LogP contribution >= 0.6 is 26.8 Å². The molecule has 0 aliphatic rings. The normalized spacial score (nSPS) is 12.9. The van der Waals surface area contributed by atoms with Crippen LogP contribution in [0.3, 0.4) is 0 Å². The summed E-state index contributed by atoms with van der Waals surface area (Å²) in [6, 6.07) is 0. The third-order valence-electron chi connectivity index (χ3n) is 0.522. The molecule has 0 amide bonds. The fourth-order valence-corrected chi connectivity index (χ4v) is 1.56. The van der Waals surface area contributed by atoms with Gasteiger partial charge in [0.05, 0.1) is 4.86 Å². The zero-order valence-corrected chi connectivity index (χ0v) is 10.9. The maximum atomic E-state index is 9.75. The van der Waals surface area contributed by atoms with E-state index in [4.69, 9.17) is 0 Å². The van der Waals surface area contributed by atoms with Crippen LogP contribution in [0.15, 0.2) is 0 Å². The van der Waals surface area contributed by atoms with Gasteiger partial charge in [-0.05, 0) is 15.2 Å². The second kappa shape index (κ2) is 4.63. The summed E-state index contributed by atoms with van der Waals surface area (Å²) in [6.45, 7) is 0. The molecule has 0 aromatic carbocycles. The first-order valence-electron chi connectivity index (χ1n) is 1.83. The Morgan fingerprint density at radius 3 is 1.18 bits per heavy atom. The first kappa shape index (κ1) is 15.0. The van der Waals surface area contributed by atoms with Gasteiger partial charge < -0.3 is 28.7 Å². The van der Waals surface area contributed by atoms with Gasteiger partial charge in [0, 0.05) is 0 Å². The van der Waals surface area contributed by atoms with Crippen molar-refractivity contribution < 1.29 is 54.5 Å². The molecule has 6 nitrogen and oxygen atoms in total. The predicted octanol–water partition coefficient (Wildman–Crippen LogP) is -2.67. The molecule has 0 fully saturated rings. The van der Waals surface area contributed by atoms with E-state index in [1.165, 1.54) is 0 Å². The monoisotopic (exact) mass is 386 g/mol. The molecular weight excluding hydrogens is 384 g/mol. The Bertz CT molecular complexity index is 183. The van der Waals surface area contributed by atoms with Crippen LogP contribution in [0.25, 0.3) is 0 Å². The smallest absolute Gasteiger partial charge is 0.809 e. The van der Waals surface area contributed by atoms with E-state index in [1.54, 1.807) is 0 Å². The molecule has 0 bridgehead atoms. The molecule has 10 heteroatoms. The van der Waals surface area contributed by atoms with Gasteiger partial charge in [-0.3, -0.25) is 0 Å². The van der Waals surface area contributed by atoms with Crippen molar-refractivity contribution in [1.82, 2.24) is 0 Å². The quantitative estimate of drug-likeness (QED) is 0.290. The molecule has 0 aliphatic carbocycles. The summed E-state index contributed by atoms with van der Waals surface area (Å²) in [5, 5.41) is 0. The SMILES string of the molecule is O=P([O-])([O-])C(Cl)P(=O)([O-])[O-].[Hf+4]. The fourth-order valence-electron chi connectivity index (χ4n) is 0.173. The van der Waals surface area contributed by atoms with Crippen molar-refractivity contribution in [2.24, 2.45) is 0 Å². The molecule has 11 heavy (non-hydrogen) atoms. The van der Waals surface area contributed by atoms with E-state index in [9.17, 15) is 28.7 Å². The molecule has 0 aromatic heterocycles. The fraction of sp³-hybridized carbons (Fsp3) is 1.00. The van der Waals surface area contributed by atoms with Gasteiger partial charge in [0.15, 0.2) is 0 Å². The van der Waals surface area contributed by atoms with Crippen LogP contribution in [0.2, 0.25) is 0 Å². The Labute approximate surface area is 86.1 Å². The van der Waals surface area contributed by atoms with Crippen molar-refractivity contribution in [1.29, 1.82) is 0 Å². The van der Waals surface area contributed by atoms with Crippen molar-refractivity contribution in [2.45, 2.75) is 4.86 Å². The van der Waals surface area contributed by atoms with E-state index in [2.05, 4.69) is 11.6 Å². The Morgan fingerprint density at radius 1 is 1.00 bits per heavy atom. The summed E-state index contributed by atoms with van der Waals surface area (Å²) < 4.78 is 19.5. The van der Waals surface area contributed by atoms with E-state index >= 15 is 0 Å². The summed E-state index contributed by atoms with van der Waals surface area (Å²) in [5.41, 5.74) is 0. The maximum Gasteiger partial charge on any atom is 4.00 e. The number of hydrogen-bond donors (Lipinski definition) is 0. The Morgan fingerprint density at radius 2 is 1.18 bits per heavy atom. The van der Waals surface area contributed by atoms with E-state index in [1.807, 2.05) is 0 Å². The topological polar surface area (TPSA) is 126 Å². The first-order chi connectivity index (χ1) is 4.15. The molecule has 0 saturated heterocycles. The minimum absolute atomic E-state index is 0. The number of alkyl halides is 1. The van der Waals surface area contributed by atoms with Gasteiger partial charge in [0.25, 0.3) is 0 Å². The zero-order chi connectivity index (χ0) is 8.58. The molecular formula is CHClHfO6P2. The summed E-state index contributed by atoms with van der Waals surface area (Å²) in [5.74, 6) is 0. The summed E-state index contributed by atoms with van der Waals surface area (Å²) in [6.07, 6.45) is 0. The van der Waals surface area contributed by atoms with Crippen LogP contribution in [0.4, 0.5) is 0 Å². The summed E-state index contributed by atoms with van der Waals surface area (Å²) >= 11 is 4.46. The van der Waals surface area contributed by atoms with Crippen LogP contribution in [0.5, 0.6) is 0 Å². The van der Waals surface area contributed by atoms with Gasteiger partial charge >= 0.3 is 25.8 Å². The third kappa shape index (κ3) is 5.66. The summed E-state index contributed by atoms with van der Waals surface area (Å²) in [7, 11) is -11.0. The van der Waals surface area contributed by atoms with Gasteiger partial charge in [0.2, 0.25) is 0 Å². The molecule has 0 rings (SSSR count). The average Bonchev–Trinajstić information content (AvgIpc) is 1.59. The van der Waals surface area contributed by atoms with Crippen molar-refractivity contribution >= 4 is 26.8 Å². The molecule has 0 unspecified atom stereocenters. The van der Waals surface area contributed by atoms with E-state index < -0.39 is 20.1 Å². The predicted molar refractivity (Wildman–Crippen MR) is 24.9 cm³/mol. The van der Waals surface area contributed by atoms with Crippen LogP contribution in [-0.4, -0.2) is 4.86 Å². The Hall–Kier alpha value is 1.46. The molecule has 0 saturated carbocycles. The number of halogens is 1. The minimum atomic E-state index is -5.50. The van der Waals surface area contributed by atoms with Gasteiger partial charge in [-0.1, -0.05) is 0 Å². The molecule has 0 atom stereocenters. The van der Waals surface area contributed by atoms with Crippen molar-refractivity contribution in [3.05, 3.63) is 0 Å². The van der Waals surface area contributed by atoms with E-state index in [0.717, 1.165) is 0 Å². The molecule has 0 heterocycles.